The van der Waals surface area contributed by atoms with Gasteiger partial charge in [-0.2, -0.15) is 0 Å². The van der Waals surface area contributed by atoms with Gasteiger partial charge in [-0.15, -0.1) is 0 Å². The van der Waals surface area contributed by atoms with Gasteiger partial charge in [-0.3, -0.25) is 9.59 Å². The van der Waals surface area contributed by atoms with Gasteiger partial charge in [0.1, 0.15) is 0 Å². The average Bonchev–Trinajstić information content (AvgIpc) is 2.82. The minimum atomic E-state index is -0.590. The number of rotatable bonds is 8. The monoisotopic (exact) mass is 460 g/mol. The van der Waals surface area contributed by atoms with Gasteiger partial charge in [-0.1, -0.05) is 19.3 Å². The predicted octanol–water partition coefficient (Wildman–Crippen LogP) is 3.43. The van der Waals surface area contributed by atoms with Gasteiger partial charge in [0.05, 0.1) is 12.2 Å². The molecule has 0 aromatic heterocycles. The zero-order chi connectivity index (χ0) is 23.5. The van der Waals surface area contributed by atoms with Crippen LogP contribution in [0.3, 0.4) is 0 Å². The number of esters is 1. The van der Waals surface area contributed by atoms with Crippen LogP contribution in [0.1, 0.15) is 68.6 Å². The molecule has 1 aromatic rings. The Hall–Kier alpha value is -2.77. The van der Waals surface area contributed by atoms with Crippen molar-refractivity contribution in [3.63, 3.8) is 0 Å². The van der Waals surface area contributed by atoms with E-state index in [-0.39, 0.29) is 30.6 Å². The fourth-order valence-corrected chi connectivity index (χ4v) is 4.20. The van der Waals surface area contributed by atoms with Crippen molar-refractivity contribution < 1.29 is 28.6 Å². The first-order valence-electron chi connectivity index (χ1n) is 12.2. The van der Waals surface area contributed by atoms with Gasteiger partial charge in [-0.05, 0) is 57.2 Å². The minimum absolute atomic E-state index is 0.0524. The van der Waals surface area contributed by atoms with E-state index in [1.807, 2.05) is 11.8 Å². The van der Waals surface area contributed by atoms with Crippen molar-refractivity contribution in [1.29, 1.82) is 0 Å². The third-order valence-electron chi connectivity index (χ3n) is 6.07. The SMILES string of the molecule is CCOc1cc(C(=O)OCC(=O)N2CCCCCCC2)ccc1OCC(=O)N1CCCCC1. The number of hydrogen-bond acceptors (Lipinski definition) is 6. The summed E-state index contributed by atoms with van der Waals surface area (Å²) in [6.07, 6.45) is 8.63. The summed E-state index contributed by atoms with van der Waals surface area (Å²) in [6, 6.07) is 4.70. The maximum atomic E-state index is 12.5. The fraction of sp³-hybridized carbons (Fsp3) is 0.640. The maximum Gasteiger partial charge on any atom is 0.338 e. The van der Waals surface area contributed by atoms with Crippen molar-refractivity contribution in [3.8, 4) is 11.5 Å². The number of benzene rings is 1. The quantitative estimate of drug-likeness (QED) is 0.553. The van der Waals surface area contributed by atoms with Crippen LogP contribution in [0.5, 0.6) is 11.5 Å². The van der Waals surface area contributed by atoms with Gasteiger partial charge < -0.3 is 24.0 Å². The van der Waals surface area contributed by atoms with Gasteiger partial charge in [0.2, 0.25) is 0 Å². The summed E-state index contributed by atoms with van der Waals surface area (Å²) in [6.45, 7) is 4.82. The number of hydrogen-bond donors (Lipinski definition) is 0. The van der Waals surface area contributed by atoms with Gasteiger partial charge in [-0.25, -0.2) is 4.79 Å². The Morgan fingerprint density at radius 3 is 1.88 bits per heavy atom. The lowest BCUT2D eigenvalue weighted by molar-refractivity contribution is -0.135. The van der Waals surface area contributed by atoms with Gasteiger partial charge in [0.25, 0.3) is 11.8 Å². The molecule has 0 atom stereocenters. The topological polar surface area (TPSA) is 85.4 Å². The van der Waals surface area contributed by atoms with Crippen molar-refractivity contribution in [1.82, 2.24) is 9.80 Å². The molecule has 2 heterocycles. The standard InChI is InChI=1S/C25H36N2O6/c1-2-31-22-17-20(11-12-21(22)32-18-23(28)26-15-9-6-10-16-26)25(30)33-19-24(29)27-13-7-4-3-5-8-14-27/h11-12,17H,2-10,13-16,18-19H2,1H3. The van der Waals surface area contributed by atoms with E-state index >= 15 is 0 Å². The molecule has 2 aliphatic heterocycles. The molecule has 2 aliphatic rings. The van der Waals surface area contributed by atoms with Crippen LogP contribution in [-0.4, -0.2) is 73.6 Å². The molecule has 0 spiro atoms. The first-order chi connectivity index (χ1) is 16.1. The third kappa shape index (κ3) is 7.65. The van der Waals surface area contributed by atoms with Crippen LogP contribution >= 0.6 is 0 Å². The van der Waals surface area contributed by atoms with E-state index in [1.54, 1.807) is 17.0 Å². The van der Waals surface area contributed by atoms with Crippen molar-refractivity contribution in [2.75, 3.05) is 46.0 Å². The fourth-order valence-electron chi connectivity index (χ4n) is 4.20. The van der Waals surface area contributed by atoms with E-state index in [2.05, 4.69) is 0 Å². The first kappa shape index (κ1) is 24.9. The largest absolute Gasteiger partial charge is 0.490 e. The molecular formula is C25H36N2O6. The molecule has 182 valence electrons. The van der Waals surface area contributed by atoms with Crippen LogP contribution in [0, 0.1) is 0 Å². The molecule has 8 heteroatoms. The molecular weight excluding hydrogens is 424 g/mol. The van der Waals surface area contributed by atoms with Crippen LogP contribution in [0.25, 0.3) is 0 Å². The van der Waals surface area contributed by atoms with E-state index < -0.39 is 5.97 Å². The molecule has 2 fully saturated rings. The summed E-state index contributed by atoms with van der Waals surface area (Å²) in [5.74, 6) is -0.0360. The van der Waals surface area contributed by atoms with E-state index in [9.17, 15) is 14.4 Å². The number of piperidine rings is 1. The average molecular weight is 461 g/mol. The Morgan fingerprint density at radius 1 is 0.727 bits per heavy atom. The number of carbonyl (C=O) groups is 3. The molecule has 33 heavy (non-hydrogen) atoms. The third-order valence-corrected chi connectivity index (χ3v) is 6.07. The lowest BCUT2D eigenvalue weighted by atomic mass is 10.1. The Balaban J connectivity index is 1.54. The molecule has 0 radical (unpaired) electrons. The van der Waals surface area contributed by atoms with Crippen molar-refractivity contribution in [2.45, 2.75) is 58.3 Å². The van der Waals surface area contributed by atoms with Gasteiger partial charge in [0, 0.05) is 26.2 Å². The molecule has 0 aliphatic carbocycles. The number of amides is 2. The predicted molar refractivity (Wildman–Crippen MR) is 123 cm³/mol. The Morgan fingerprint density at radius 2 is 1.27 bits per heavy atom. The second-order valence-corrected chi connectivity index (χ2v) is 8.55. The molecule has 2 saturated heterocycles. The summed E-state index contributed by atoms with van der Waals surface area (Å²) in [4.78, 5) is 41.0. The summed E-state index contributed by atoms with van der Waals surface area (Å²) in [5.41, 5.74) is 0.272. The molecule has 0 bridgehead atoms. The smallest absolute Gasteiger partial charge is 0.338 e. The molecule has 0 unspecified atom stereocenters. The zero-order valence-corrected chi connectivity index (χ0v) is 19.7. The normalized spacial score (nSPS) is 17.0. The van der Waals surface area contributed by atoms with E-state index in [1.165, 1.54) is 12.5 Å². The number of likely N-dealkylation sites (tertiary alicyclic amines) is 2. The summed E-state index contributed by atoms with van der Waals surface area (Å²) >= 11 is 0. The molecule has 0 N–H and O–H groups in total. The van der Waals surface area contributed by atoms with Crippen molar-refractivity contribution >= 4 is 17.8 Å². The summed E-state index contributed by atoms with van der Waals surface area (Å²) in [5, 5.41) is 0. The van der Waals surface area contributed by atoms with Gasteiger partial charge >= 0.3 is 5.97 Å². The molecule has 0 saturated carbocycles. The number of ether oxygens (including phenoxy) is 3. The Labute approximate surface area is 196 Å². The van der Waals surface area contributed by atoms with Crippen LogP contribution in [-0.2, 0) is 14.3 Å². The number of nitrogens with zero attached hydrogens (tertiary/aromatic N) is 2. The van der Waals surface area contributed by atoms with E-state index in [0.29, 0.717) is 31.2 Å². The summed E-state index contributed by atoms with van der Waals surface area (Å²) in [7, 11) is 0. The Kier molecular flexibility index (Phi) is 9.84. The summed E-state index contributed by atoms with van der Waals surface area (Å²) < 4.78 is 16.6. The minimum Gasteiger partial charge on any atom is -0.490 e. The second-order valence-electron chi connectivity index (χ2n) is 8.55. The van der Waals surface area contributed by atoms with Crippen molar-refractivity contribution in [3.05, 3.63) is 23.8 Å². The highest BCUT2D eigenvalue weighted by molar-refractivity contribution is 5.92. The first-order valence-corrected chi connectivity index (χ1v) is 12.2. The molecule has 8 nitrogen and oxygen atoms in total. The van der Waals surface area contributed by atoms with Crippen LogP contribution in [0.4, 0.5) is 0 Å². The second kappa shape index (κ2) is 13.1. The lowest BCUT2D eigenvalue weighted by Crippen LogP contribution is -2.38. The van der Waals surface area contributed by atoms with Crippen LogP contribution in [0.2, 0.25) is 0 Å². The highest BCUT2D eigenvalue weighted by atomic mass is 16.5. The molecule has 1 aromatic carbocycles. The number of carbonyl (C=O) groups excluding carboxylic acids is 3. The van der Waals surface area contributed by atoms with E-state index in [0.717, 1.165) is 58.0 Å². The van der Waals surface area contributed by atoms with E-state index in [4.69, 9.17) is 14.2 Å². The van der Waals surface area contributed by atoms with Crippen LogP contribution < -0.4 is 9.47 Å². The highest BCUT2D eigenvalue weighted by Gasteiger charge is 2.20. The maximum absolute atomic E-state index is 12.5. The molecule has 3 rings (SSSR count). The van der Waals surface area contributed by atoms with Crippen LogP contribution in [0.15, 0.2) is 18.2 Å². The molecule has 2 amide bonds. The lowest BCUT2D eigenvalue weighted by Gasteiger charge is -2.26. The zero-order valence-electron chi connectivity index (χ0n) is 19.7. The highest BCUT2D eigenvalue weighted by Crippen LogP contribution is 2.29. The Bertz CT molecular complexity index is 798. The van der Waals surface area contributed by atoms with Gasteiger partial charge in [0.15, 0.2) is 24.7 Å². The van der Waals surface area contributed by atoms with Crippen molar-refractivity contribution in [2.24, 2.45) is 0 Å².